The maximum absolute atomic E-state index is 11.9. The quantitative estimate of drug-likeness (QED) is 0.379. The largest absolute Gasteiger partial charge is 0.478 e. The lowest BCUT2D eigenvalue weighted by Crippen LogP contribution is -2.37. The van der Waals surface area contributed by atoms with Gasteiger partial charge in [0, 0.05) is 73.1 Å². The number of rotatable bonds is 5. The van der Waals surface area contributed by atoms with Gasteiger partial charge in [0.15, 0.2) is 0 Å². The molecule has 1 aliphatic carbocycles. The first-order chi connectivity index (χ1) is 18.1. The molecule has 2 aromatic carbocycles. The van der Waals surface area contributed by atoms with Crippen LogP contribution in [0.4, 0.5) is 5.69 Å². The lowest BCUT2D eigenvalue weighted by Gasteiger charge is -2.29. The number of benzene rings is 2. The average Bonchev–Trinajstić information content (AvgIpc) is 3.05. The van der Waals surface area contributed by atoms with E-state index in [1.165, 1.54) is 60.0 Å². The molecule has 1 aromatic heterocycles. The number of anilines is 1. The predicted molar refractivity (Wildman–Crippen MR) is 157 cm³/mol. The number of carboxylic acids is 1. The van der Waals surface area contributed by atoms with Gasteiger partial charge >= 0.3 is 5.97 Å². The molecule has 3 aromatic rings. The average molecular weight is 559 g/mol. The molecule has 3 aliphatic rings. The Balaban J connectivity index is 0.00000294. The zero-order valence-corrected chi connectivity index (χ0v) is 23.4. The second-order valence-corrected chi connectivity index (χ2v) is 11.2. The SMILES string of the molecule is Cl.O=C(O)c1ccc2c(C3CCCCC3)c3n(c2c1)CCN(CCN1CCCOCC1)c1cc(Cl)ccc1-3. The van der Waals surface area contributed by atoms with E-state index in [4.69, 9.17) is 16.3 Å². The Hall–Kier alpha value is -2.25. The summed E-state index contributed by atoms with van der Waals surface area (Å²) in [6.07, 6.45) is 7.27. The summed E-state index contributed by atoms with van der Waals surface area (Å²) in [7, 11) is 0. The number of carboxylic acid groups (broad SMARTS) is 1. The van der Waals surface area contributed by atoms with Gasteiger partial charge in [0.05, 0.1) is 17.9 Å². The van der Waals surface area contributed by atoms with Gasteiger partial charge < -0.3 is 19.3 Å². The third-order valence-electron chi connectivity index (χ3n) is 8.51. The fraction of sp³-hybridized carbons (Fsp3) is 0.500. The molecule has 3 heterocycles. The monoisotopic (exact) mass is 557 g/mol. The molecule has 1 saturated carbocycles. The normalized spacial score (nSPS) is 18.8. The maximum Gasteiger partial charge on any atom is 0.335 e. The molecule has 0 radical (unpaired) electrons. The number of hydrogen-bond donors (Lipinski definition) is 1. The van der Waals surface area contributed by atoms with Crippen LogP contribution in [-0.4, -0.2) is 66.5 Å². The summed E-state index contributed by atoms with van der Waals surface area (Å²) in [5.41, 5.74) is 6.47. The zero-order chi connectivity index (χ0) is 25.4. The van der Waals surface area contributed by atoms with Crippen molar-refractivity contribution in [3.8, 4) is 11.3 Å². The molecule has 1 N–H and O–H groups in total. The van der Waals surface area contributed by atoms with Crippen molar-refractivity contribution in [1.29, 1.82) is 0 Å². The maximum atomic E-state index is 11.9. The molecule has 6 nitrogen and oxygen atoms in total. The smallest absolute Gasteiger partial charge is 0.335 e. The molecular formula is C30H37Cl2N3O3. The molecule has 6 rings (SSSR count). The van der Waals surface area contributed by atoms with E-state index in [0.717, 1.165) is 69.4 Å². The van der Waals surface area contributed by atoms with Crippen LogP contribution in [0.3, 0.4) is 0 Å². The molecule has 0 bridgehead atoms. The van der Waals surface area contributed by atoms with Crippen LogP contribution in [0.5, 0.6) is 0 Å². The fourth-order valence-corrected chi connectivity index (χ4v) is 6.83. The Morgan fingerprint density at radius 1 is 0.947 bits per heavy atom. The van der Waals surface area contributed by atoms with Crippen molar-refractivity contribution in [1.82, 2.24) is 9.47 Å². The number of fused-ring (bicyclic) bond motifs is 5. The van der Waals surface area contributed by atoms with Gasteiger partial charge in [-0.25, -0.2) is 4.79 Å². The number of halogens is 2. The van der Waals surface area contributed by atoms with E-state index in [9.17, 15) is 9.90 Å². The number of ether oxygens (including phenoxy) is 1. The molecule has 1 saturated heterocycles. The molecular weight excluding hydrogens is 521 g/mol. The van der Waals surface area contributed by atoms with Crippen LogP contribution in [0.25, 0.3) is 22.2 Å². The summed E-state index contributed by atoms with van der Waals surface area (Å²) in [5.74, 6) is -0.379. The van der Waals surface area contributed by atoms with Crippen molar-refractivity contribution < 1.29 is 14.6 Å². The lowest BCUT2D eigenvalue weighted by molar-refractivity contribution is 0.0697. The minimum atomic E-state index is -0.875. The first kappa shape index (κ1) is 27.3. The Bertz CT molecular complexity index is 1290. The molecule has 8 heteroatoms. The zero-order valence-electron chi connectivity index (χ0n) is 21.8. The minimum absolute atomic E-state index is 0. The Labute approximate surface area is 235 Å². The van der Waals surface area contributed by atoms with Crippen molar-refractivity contribution >= 4 is 46.6 Å². The van der Waals surface area contributed by atoms with E-state index in [-0.39, 0.29) is 12.4 Å². The molecule has 204 valence electrons. The van der Waals surface area contributed by atoms with Crippen LogP contribution in [0, 0.1) is 0 Å². The third kappa shape index (κ3) is 5.29. The van der Waals surface area contributed by atoms with Crippen molar-refractivity contribution in [2.75, 3.05) is 50.8 Å². The molecule has 38 heavy (non-hydrogen) atoms. The van der Waals surface area contributed by atoms with E-state index < -0.39 is 5.97 Å². The van der Waals surface area contributed by atoms with Gasteiger partial charge in [-0.1, -0.05) is 36.9 Å². The van der Waals surface area contributed by atoms with Crippen LogP contribution in [0.15, 0.2) is 36.4 Å². The third-order valence-corrected chi connectivity index (χ3v) is 8.75. The highest BCUT2D eigenvalue weighted by Gasteiger charge is 2.31. The van der Waals surface area contributed by atoms with Gasteiger partial charge in [0.1, 0.15) is 0 Å². The van der Waals surface area contributed by atoms with Gasteiger partial charge in [-0.15, -0.1) is 12.4 Å². The van der Waals surface area contributed by atoms with E-state index in [1.54, 1.807) is 6.07 Å². The predicted octanol–water partition coefficient (Wildman–Crippen LogP) is 6.67. The van der Waals surface area contributed by atoms with Crippen molar-refractivity contribution in [2.24, 2.45) is 0 Å². The molecule has 0 spiro atoms. The van der Waals surface area contributed by atoms with E-state index in [0.29, 0.717) is 11.5 Å². The van der Waals surface area contributed by atoms with Crippen LogP contribution < -0.4 is 4.90 Å². The van der Waals surface area contributed by atoms with Gasteiger partial charge in [-0.05, 0) is 61.1 Å². The first-order valence-electron chi connectivity index (χ1n) is 13.8. The highest BCUT2D eigenvalue weighted by Crippen LogP contribution is 2.47. The second-order valence-electron chi connectivity index (χ2n) is 10.7. The number of aromatic carboxylic acids is 1. The molecule has 2 aliphatic heterocycles. The number of nitrogens with zero attached hydrogens (tertiary/aromatic N) is 3. The number of aromatic nitrogens is 1. The lowest BCUT2D eigenvalue weighted by atomic mass is 9.81. The summed E-state index contributed by atoms with van der Waals surface area (Å²) in [5, 5.41) is 11.7. The Morgan fingerprint density at radius 3 is 2.61 bits per heavy atom. The Kier molecular flexibility index (Phi) is 8.53. The van der Waals surface area contributed by atoms with Crippen LogP contribution >= 0.6 is 24.0 Å². The molecule has 0 amide bonds. The van der Waals surface area contributed by atoms with Gasteiger partial charge in [-0.2, -0.15) is 0 Å². The summed E-state index contributed by atoms with van der Waals surface area (Å²) in [6, 6.07) is 12.0. The van der Waals surface area contributed by atoms with E-state index in [2.05, 4.69) is 32.6 Å². The minimum Gasteiger partial charge on any atom is -0.478 e. The van der Waals surface area contributed by atoms with E-state index in [1.807, 2.05) is 12.1 Å². The van der Waals surface area contributed by atoms with Crippen molar-refractivity contribution in [3.63, 3.8) is 0 Å². The van der Waals surface area contributed by atoms with Crippen LogP contribution in [0.2, 0.25) is 5.02 Å². The molecule has 0 unspecified atom stereocenters. The van der Waals surface area contributed by atoms with E-state index >= 15 is 0 Å². The number of carbonyl (C=O) groups is 1. The molecule has 2 fully saturated rings. The van der Waals surface area contributed by atoms with Crippen LogP contribution in [0.1, 0.15) is 60.4 Å². The highest BCUT2D eigenvalue weighted by atomic mass is 35.5. The molecule has 0 atom stereocenters. The van der Waals surface area contributed by atoms with Crippen LogP contribution in [-0.2, 0) is 11.3 Å². The van der Waals surface area contributed by atoms with Gasteiger partial charge in [0.25, 0.3) is 0 Å². The topological polar surface area (TPSA) is 57.9 Å². The Morgan fingerprint density at radius 2 is 1.79 bits per heavy atom. The van der Waals surface area contributed by atoms with Gasteiger partial charge in [-0.3, -0.25) is 4.90 Å². The summed E-state index contributed by atoms with van der Waals surface area (Å²) < 4.78 is 8.06. The second kappa shape index (κ2) is 11.9. The standard InChI is InChI=1S/C30H36ClN3O3.ClH/c31-23-8-10-25-26(20-23)33(13-12-32-11-4-17-37-18-16-32)14-15-34-27-19-22(30(35)36)7-9-24(27)28(29(25)34)21-5-2-1-3-6-21;/h7-10,19-21H,1-6,11-18H2,(H,35,36);1H. The fourth-order valence-electron chi connectivity index (χ4n) is 6.66. The highest BCUT2D eigenvalue weighted by molar-refractivity contribution is 6.31. The summed E-state index contributed by atoms with van der Waals surface area (Å²) in [6.45, 7) is 7.29. The summed E-state index contributed by atoms with van der Waals surface area (Å²) in [4.78, 5) is 16.9. The van der Waals surface area contributed by atoms with Gasteiger partial charge in [0.2, 0.25) is 0 Å². The first-order valence-corrected chi connectivity index (χ1v) is 14.2. The van der Waals surface area contributed by atoms with Crippen molar-refractivity contribution in [2.45, 2.75) is 51.0 Å². The number of hydrogen-bond acceptors (Lipinski definition) is 4. The summed E-state index contributed by atoms with van der Waals surface area (Å²) >= 11 is 6.59. The van der Waals surface area contributed by atoms with Crippen molar-refractivity contribution in [3.05, 3.63) is 52.5 Å².